The summed E-state index contributed by atoms with van der Waals surface area (Å²) in [5.41, 5.74) is 7.69. The quantitative estimate of drug-likeness (QED) is 0.938. The molecule has 2 atom stereocenters. The summed E-state index contributed by atoms with van der Waals surface area (Å²) in [5, 5.41) is 0.838. The van der Waals surface area contributed by atoms with Gasteiger partial charge < -0.3 is 10.5 Å². The molecule has 1 aliphatic heterocycles. The van der Waals surface area contributed by atoms with Crippen molar-refractivity contribution in [2.75, 3.05) is 19.7 Å². The van der Waals surface area contributed by atoms with Gasteiger partial charge in [-0.1, -0.05) is 6.07 Å². The minimum Gasteiger partial charge on any atom is -0.374 e. The Kier molecular flexibility index (Phi) is 4.14. The summed E-state index contributed by atoms with van der Waals surface area (Å²) in [4.78, 5) is 6.64. The van der Waals surface area contributed by atoms with E-state index in [-0.39, 0.29) is 18.0 Å². The molecule has 0 saturated carbocycles. The summed E-state index contributed by atoms with van der Waals surface area (Å²) >= 11 is 0. The van der Waals surface area contributed by atoms with Gasteiger partial charge in [-0.05, 0) is 30.7 Å². The van der Waals surface area contributed by atoms with Crippen LogP contribution in [0.5, 0.6) is 0 Å². The van der Waals surface area contributed by atoms with Gasteiger partial charge >= 0.3 is 0 Å². The zero-order valence-electron chi connectivity index (χ0n) is 12.1. The van der Waals surface area contributed by atoms with Gasteiger partial charge in [-0.2, -0.15) is 0 Å². The third kappa shape index (κ3) is 3.20. The molecule has 0 aliphatic carbocycles. The monoisotopic (exact) mass is 289 g/mol. The second-order valence-electron chi connectivity index (χ2n) is 5.64. The molecule has 112 valence electrons. The molecule has 2 unspecified atom stereocenters. The van der Waals surface area contributed by atoms with Crippen LogP contribution in [0.2, 0.25) is 0 Å². The molecule has 1 fully saturated rings. The maximum Gasteiger partial charge on any atom is 0.124 e. The topological polar surface area (TPSA) is 51.4 Å². The first-order chi connectivity index (χ1) is 10.1. The molecule has 0 spiro atoms. The third-order valence-corrected chi connectivity index (χ3v) is 3.91. The number of morpholine rings is 1. The third-order valence-electron chi connectivity index (χ3n) is 3.91. The number of pyridine rings is 1. The molecular formula is C16H20FN3O. The van der Waals surface area contributed by atoms with Crippen molar-refractivity contribution in [1.82, 2.24) is 9.88 Å². The lowest BCUT2D eigenvalue weighted by Crippen LogP contribution is -2.49. The van der Waals surface area contributed by atoms with Crippen LogP contribution >= 0.6 is 0 Å². The average molecular weight is 289 g/mol. The standard InChI is InChI=1S/C16H20FN3O/c1-11(18)15-10-20(5-6-21-15)9-13-8-14(17)7-12-3-2-4-19-16(12)13/h2-4,7-8,11,15H,5-6,9-10,18H2,1H3. The fourth-order valence-electron chi connectivity index (χ4n) is 2.78. The van der Waals surface area contributed by atoms with Crippen LogP contribution in [0.3, 0.4) is 0 Å². The van der Waals surface area contributed by atoms with Gasteiger partial charge in [-0.25, -0.2) is 4.39 Å². The average Bonchev–Trinajstić information content (AvgIpc) is 2.47. The molecule has 5 heteroatoms. The van der Waals surface area contributed by atoms with E-state index in [1.165, 1.54) is 6.07 Å². The number of nitrogens with two attached hydrogens (primary N) is 1. The van der Waals surface area contributed by atoms with E-state index < -0.39 is 0 Å². The molecule has 3 rings (SSSR count). The van der Waals surface area contributed by atoms with Crippen LogP contribution in [0, 0.1) is 5.82 Å². The molecule has 0 radical (unpaired) electrons. The number of hydrogen-bond acceptors (Lipinski definition) is 4. The van der Waals surface area contributed by atoms with Crippen molar-refractivity contribution >= 4 is 10.9 Å². The van der Waals surface area contributed by atoms with Gasteiger partial charge in [0.1, 0.15) is 5.82 Å². The number of ether oxygens (including phenoxy) is 1. The number of benzene rings is 1. The predicted molar refractivity (Wildman–Crippen MR) is 80.4 cm³/mol. The van der Waals surface area contributed by atoms with E-state index in [0.29, 0.717) is 13.2 Å². The van der Waals surface area contributed by atoms with Gasteiger partial charge in [0, 0.05) is 37.3 Å². The van der Waals surface area contributed by atoms with Crippen molar-refractivity contribution in [1.29, 1.82) is 0 Å². The van der Waals surface area contributed by atoms with Crippen LogP contribution < -0.4 is 5.73 Å². The Labute approximate surface area is 123 Å². The molecule has 1 aromatic heterocycles. The van der Waals surface area contributed by atoms with E-state index >= 15 is 0 Å². The molecule has 4 nitrogen and oxygen atoms in total. The van der Waals surface area contributed by atoms with E-state index in [2.05, 4.69) is 9.88 Å². The minimum absolute atomic E-state index is 0.00446. The Bertz CT molecular complexity index is 632. The summed E-state index contributed by atoms with van der Waals surface area (Å²) in [6.45, 7) is 4.87. The maximum atomic E-state index is 13.8. The Morgan fingerprint density at radius 1 is 1.52 bits per heavy atom. The number of rotatable bonds is 3. The van der Waals surface area contributed by atoms with Crippen molar-refractivity contribution in [2.45, 2.75) is 25.6 Å². The van der Waals surface area contributed by atoms with Crippen LogP contribution in [-0.2, 0) is 11.3 Å². The summed E-state index contributed by atoms with van der Waals surface area (Å²) in [7, 11) is 0. The minimum atomic E-state index is -0.220. The molecular weight excluding hydrogens is 269 g/mol. The van der Waals surface area contributed by atoms with Crippen LogP contribution in [0.1, 0.15) is 12.5 Å². The molecule has 2 aromatic rings. The highest BCUT2D eigenvalue weighted by molar-refractivity contribution is 5.81. The highest BCUT2D eigenvalue weighted by Gasteiger charge is 2.24. The largest absolute Gasteiger partial charge is 0.374 e. The van der Waals surface area contributed by atoms with Gasteiger partial charge in [-0.15, -0.1) is 0 Å². The van der Waals surface area contributed by atoms with E-state index in [4.69, 9.17) is 10.5 Å². The van der Waals surface area contributed by atoms with Gasteiger partial charge in [-0.3, -0.25) is 9.88 Å². The number of halogens is 1. The second-order valence-corrected chi connectivity index (χ2v) is 5.64. The van der Waals surface area contributed by atoms with Gasteiger partial charge in [0.2, 0.25) is 0 Å². The van der Waals surface area contributed by atoms with Crippen molar-refractivity contribution in [3.8, 4) is 0 Å². The first-order valence-electron chi connectivity index (χ1n) is 7.26. The fraction of sp³-hybridized carbons (Fsp3) is 0.438. The lowest BCUT2D eigenvalue weighted by Gasteiger charge is -2.34. The molecule has 0 amide bonds. The fourth-order valence-corrected chi connectivity index (χ4v) is 2.78. The number of aromatic nitrogens is 1. The molecule has 2 N–H and O–H groups in total. The van der Waals surface area contributed by atoms with Crippen molar-refractivity contribution < 1.29 is 9.13 Å². The molecule has 1 aliphatic rings. The Hall–Kier alpha value is -1.56. The van der Waals surface area contributed by atoms with Crippen molar-refractivity contribution in [2.24, 2.45) is 5.73 Å². The zero-order chi connectivity index (χ0) is 14.8. The lowest BCUT2D eigenvalue weighted by molar-refractivity contribution is -0.0402. The molecule has 21 heavy (non-hydrogen) atoms. The van der Waals surface area contributed by atoms with Gasteiger partial charge in [0.05, 0.1) is 18.2 Å². The van der Waals surface area contributed by atoms with Crippen LogP contribution in [0.4, 0.5) is 4.39 Å². The first-order valence-corrected chi connectivity index (χ1v) is 7.26. The van der Waals surface area contributed by atoms with Crippen LogP contribution in [-0.4, -0.2) is 41.7 Å². The molecule has 1 saturated heterocycles. The summed E-state index contributed by atoms with van der Waals surface area (Å²) in [5.74, 6) is -0.220. The van der Waals surface area contributed by atoms with Gasteiger partial charge in [0.15, 0.2) is 0 Å². The smallest absolute Gasteiger partial charge is 0.124 e. The second kappa shape index (κ2) is 6.05. The number of fused-ring (bicyclic) bond motifs is 1. The van der Waals surface area contributed by atoms with Gasteiger partial charge in [0.25, 0.3) is 0 Å². The zero-order valence-corrected chi connectivity index (χ0v) is 12.1. The Morgan fingerprint density at radius 2 is 2.38 bits per heavy atom. The lowest BCUT2D eigenvalue weighted by atomic mass is 10.1. The molecule has 1 aromatic carbocycles. The Balaban J connectivity index is 1.84. The van der Waals surface area contributed by atoms with Crippen molar-refractivity contribution in [3.63, 3.8) is 0 Å². The summed E-state index contributed by atoms with van der Waals surface area (Å²) < 4.78 is 19.4. The Morgan fingerprint density at radius 3 is 3.19 bits per heavy atom. The number of nitrogens with zero attached hydrogens (tertiary/aromatic N) is 2. The molecule has 0 bridgehead atoms. The first kappa shape index (κ1) is 14.4. The number of hydrogen-bond donors (Lipinski definition) is 1. The van der Waals surface area contributed by atoms with Crippen LogP contribution in [0.15, 0.2) is 30.5 Å². The van der Waals surface area contributed by atoms with E-state index in [9.17, 15) is 4.39 Å². The van der Waals surface area contributed by atoms with Crippen LogP contribution in [0.25, 0.3) is 10.9 Å². The van der Waals surface area contributed by atoms with E-state index in [1.54, 1.807) is 12.3 Å². The van der Waals surface area contributed by atoms with E-state index in [0.717, 1.165) is 29.6 Å². The van der Waals surface area contributed by atoms with E-state index in [1.807, 2.05) is 19.1 Å². The molecule has 2 heterocycles. The predicted octanol–water partition coefficient (Wildman–Crippen LogP) is 1.92. The summed E-state index contributed by atoms with van der Waals surface area (Å²) in [6.07, 6.45) is 1.78. The highest BCUT2D eigenvalue weighted by Crippen LogP contribution is 2.21. The van der Waals surface area contributed by atoms with Crippen molar-refractivity contribution in [3.05, 3.63) is 41.8 Å². The SMILES string of the molecule is CC(N)C1CN(Cc2cc(F)cc3cccnc23)CCO1. The maximum absolute atomic E-state index is 13.8. The normalized spacial score (nSPS) is 21.6. The summed E-state index contributed by atoms with van der Waals surface area (Å²) in [6, 6.07) is 6.81. The highest BCUT2D eigenvalue weighted by atomic mass is 19.1.